The van der Waals surface area contributed by atoms with Gasteiger partial charge in [0.05, 0.1) is 16.6 Å². The van der Waals surface area contributed by atoms with Gasteiger partial charge in [-0.15, -0.1) is 11.3 Å². The largest absolute Gasteiger partial charge is 0.405 e. The van der Waals surface area contributed by atoms with Crippen molar-refractivity contribution in [3.8, 4) is 0 Å². The number of hydrogen-bond donors (Lipinski definition) is 3. The summed E-state index contributed by atoms with van der Waals surface area (Å²) in [6.07, 6.45) is 3.00. The van der Waals surface area contributed by atoms with Gasteiger partial charge in [-0.05, 0) is 30.0 Å². The molecule has 5 nitrogen and oxygen atoms in total. The molecule has 1 heterocycles. The molecule has 5 N–H and O–H groups in total. The van der Waals surface area contributed by atoms with E-state index < -0.39 is 6.04 Å². The van der Waals surface area contributed by atoms with Crippen molar-refractivity contribution in [2.45, 2.75) is 6.04 Å². The maximum Gasteiger partial charge on any atom is 0.261 e. The summed E-state index contributed by atoms with van der Waals surface area (Å²) in [5.41, 5.74) is 13.2. The van der Waals surface area contributed by atoms with E-state index in [4.69, 9.17) is 34.7 Å². The third-order valence-corrected chi connectivity index (χ3v) is 5.20. The van der Waals surface area contributed by atoms with Crippen LogP contribution < -0.4 is 16.8 Å². The predicted molar refractivity (Wildman–Crippen MR) is 106 cm³/mol. The fourth-order valence-corrected chi connectivity index (χ4v) is 3.75. The molecule has 25 heavy (non-hydrogen) atoms. The Morgan fingerprint density at radius 1 is 1.40 bits per heavy atom. The molecule has 0 spiro atoms. The number of aliphatic imine (C=N–C) groups is 1. The molecule has 0 saturated carbocycles. The molecule has 1 unspecified atom stereocenters. The minimum absolute atomic E-state index is 0.221. The van der Waals surface area contributed by atoms with Crippen molar-refractivity contribution in [3.63, 3.8) is 0 Å². The number of nitrogens with zero attached hydrogens (tertiary/aromatic N) is 1. The normalized spacial score (nSPS) is 13.2. The second-order valence-electron chi connectivity index (χ2n) is 5.05. The lowest BCUT2D eigenvalue weighted by atomic mass is 10.1. The van der Waals surface area contributed by atoms with Crippen LogP contribution in [0.25, 0.3) is 0 Å². The van der Waals surface area contributed by atoms with E-state index in [1.54, 1.807) is 25.3 Å². The van der Waals surface area contributed by atoms with E-state index in [0.29, 0.717) is 25.5 Å². The van der Waals surface area contributed by atoms with Gasteiger partial charge in [-0.1, -0.05) is 41.4 Å². The molecule has 1 aromatic carbocycles. The van der Waals surface area contributed by atoms with E-state index in [2.05, 4.69) is 10.3 Å². The lowest BCUT2D eigenvalue weighted by Crippen LogP contribution is -2.33. The minimum Gasteiger partial charge on any atom is -0.405 e. The molecule has 0 aliphatic heterocycles. The summed E-state index contributed by atoms with van der Waals surface area (Å²) in [6.45, 7) is 0.221. The lowest BCUT2D eigenvalue weighted by molar-refractivity contribution is 0.0942. The number of nitrogens with one attached hydrogen (secondary N) is 1. The summed E-state index contributed by atoms with van der Waals surface area (Å²) in [4.78, 5) is 17.2. The molecule has 2 rings (SSSR count). The van der Waals surface area contributed by atoms with Crippen molar-refractivity contribution in [2.24, 2.45) is 16.5 Å². The lowest BCUT2D eigenvalue weighted by Gasteiger charge is -2.18. The van der Waals surface area contributed by atoms with Crippen LogP contribution in [0.1, 0.15) is 26.8 Å². The number of thiophene rings is 1. The van der Waals surface area contributed by atoms with Crippen LogP contribution in [0.15, 0.2) is 47.6 Å². The average Bonchev–Trinajstić information content (AvgIpc) is 3.00. The molecule has 132 valence electrons. The Balaban J connectivity index is 2.25. The first-order valence-corrected chi connectivity index (χ1v) is 8.99. The quantitative estimate of drug-likeness (QED) is 0.653. The number of allylic oxidation sites excluding steroid dienone is 1. The highest BCUT2D eigenvalue weighted by Gasteiger charge is 2.20. The first kappa shape index (κ1) is 19.5. The smallest absolute Gasteiger partial charge is 0.261 e. The van der Waals surface area contributed by atoms with Crippen LogP contribution in [0.5, 0.6) is 0 Å². The zero-order chi connectivity index (χ0) is 18.4. The number of carbonyl (C=O) groups excluding carboxylic acids is 1. The van der Waals surface area contributed by atoms with Gasteiger partial charge in [0.2, 0.25) is 0 Å². The Kier molecular flexibility index (Phi) is 7.01. The number of nitrogens with two attached hydrogens (primary N) is 2. The topological polar surface area (TPSA) is 93.5 Å². The number of amides is 1. The van der Waals surface area contributed by atoms with E-state index in [1.165, 1.54) is 17.5 Å². The summed E-state index contributed by atoms with van der Waals surface area (Å²) in [6, 6.07) is 8.55. The van der Waals surface area contributed by atoms with Gasteiger partial charge in [0.25, 0.3) is 5.91 Å². The van der Waals surface area contributed by atoms with E-state index in [-0.39, 0.29) is 12.5 Å². The Labute approximate surface area is 160 Å². The molecular formula is C17H18Cl2N4OS. The van der Waals surface area contributed by atoms with E-state index in [9.17, 15) is 4.79 Å². The van der Waals surface area contributed by atoms with Gasteiger partial charge in [-0.25, -0.2) is 0 Å². The van der Waals surface area contributed by atoms with Crippen LogP contribution in [0.4, 0.5) is 0 Å². The highest BCUT2D eigenvalue weighted by atomic mass is 35.5. The van der Waals surface area contributed by atoms with Crippen molar-refractivity contribution in [3.05, 3.63) is 68.0 Å². The van der Waals surface area contributed by atoms with Crippen LogP contribution >= 0.6 is 34.5 Å². The number of rotatable bonds is 6. The Morgan fingerprint density at radius 2 is 2.12 bits per heavy atom. The van der Waals surface area contributed by atoms with Gasteiger partial charge in [-0.2, -0.15) is 0 Å². The Bertz CT molecular complexity index is 817. The van der Waals surface area contributed by atoms with Gasteiger partial charge in [-0.3, -0.25) is 9.79 Å². The van der Waals surface area contributed by atoms with Gasteiger partial charge in [0.15, 0.2) is 0 Å². The van der Waals surface area contributed by atoms with Crippen molar-refractivity contribution in [1.82, 2.24) is 5.32 Å². The Morgan fingerprint density at radius 3 is 2.72 bits per heavy atom. The highest BCUT2D eigenvalue weighted by Crippen LogP contribution is 2.29. The third-order valence-electron chi connectivity index (χ3n) is 3.50. The Hall–Kier alpha value is -1.86. The molecule has 2 aromatic rings. The zero-order valence-electron chi connectivity index (χ0n) is 13.5. The first-order valence-electron chi connectivity index (χ1n) is 7.42. The molecular weight excluding hydrogens is 379 g/mol. The van der Waals surface area contributed by atoms with Crippen LogP contribution in [0.3, 0.4) is 0 Å². The molecule has 0 aliphatic carbocycles. The van der Waals surface area contributed by atoms with Crippen LogP contribution in [0, 0.1) is 0 Å². The van der Waals surface area contributed by atoms with Gasteiger partial charge in [0, 0.05) is 24.2 Å². The molecule has 1 aromatic heterocycles. The summed E-state index contributed by atoms with van der Waals surface area (Å²) in [7, 11) is 1.63. The van der Waals surface area contributed by atoms with Crippen molar-refractivity contribution >= 4 is 46.2 Å². The molecule has 0 bridgehead atoms. The van der Waals surface area contributed by atoms with Gasteiger partial charge >= 0.3 is 0 Å². The number of hydrogen-bond acceptors (Lipinski definition) is 5. The zero-order valence-corrected chi connectivity index (χ0v) is 15.8. The van der Waals surface area contributed by atoms with E-state index >= 15 is 0 Å². The number of carbonyl (C=O) groups is 1. The monoisotopic (exact) mass is 396 g/mol. The van der Waals surface area contributed by atoms with Crippen molar-refractivity contribution in [1.29, 1.82) is 0 Å². The number of benzene rings is 1. The fraction of sp³-hybridized carbons (Fsp3) is 0.176. The van der Waals surface area contributed by atoms with E-state index in [1.807, 2.05) is 18.2 Å². The minimum atomic E-state index is -0.395. The standard InChI is InChI=1S/C17H18Cl2N4OS/c1-22-13(6-7-20)11-8-15(25-16(11)19)17(24)23-14(9-21)10-4-2-3-5-12(10)18/h2-8,14H,9,20-21H2,1H3,(H,23,24). The predicted octanol–water partition coefficient (Wildman–Crippen LogP) is 3.38. The second kappa shape index (κ2) is 9.01. The van der Waals surface area contributed by atoms with Crippen LogP contribution in [-0.2, 0) is 0 Å². The van der Waals surface area contributed by atoms with Crippen molar-refractivity contribution in [2.75, 3.05) is 13.6 Å². The number of halogens is 2. The average molecular weight is 397 g/mol. The summed E-state index contributed by atoms with van der Waals surface area (Å²) in [5.74, 6) is -0.277. The second-order valence-corrected chi connectivity index (χ2v) is 7.11. The summed E-state index contributed by atoms with van der Waals surface area (Å²) < 4.78 is 0.464. The first-order chi connectivity index (χ1) is 12.0. The molecule has 0 saturated heterocycles. The molecule has 0 aliphatic rings. The SMILES string of the molecule is CN=C(C=CN)c1cc(C(=O)NC(CN)c2ccccc2Cl)sc1Cl. The molecule has 8 heteroatoms. The maximum atomic E-state index is 12.6. The summed E-state index contributed by atoms with van der Waals surface area (Å²) >= 11 is 13.6. The van der Waals surface area contributed by atoms with Gasteiger partial charge in [0.1, 0.15) is 4.34 Å². The molecule has 0 radical (unpaired) electrons. The maximum absolute atomic E-state index is 12.6. The fourth-order valence-electron chi connectivity index (χ4n) is 2.28. The third kappa shape index (κ3) is 4.61. The van der Waals surface area contributed by atoms with Crippen molar-refractivity contribution < 1.29 is 4.79 Å². The van der Waals surface area contributed by atoms with Gasteiger partial charge < -0.3 is 16.8 Å². The van der Waals surface area contributed by atoms with Crippen LogP contribution in [-0.4, -0.2) is 25.2 Å². The molecule has 1 atom stereocenters. The van der Waals surface area contributed by atoms with Crippen LogP contribution in [0.2, 0.25) is 9.36 Å². The highest BCUT2D eigenvalue weighted by molar-refractivity contribution is 7.18. The summed E-state index contributed by atoms with van der Waals surface area (Å²) in [5, 5.41) is 3.44. The molecule has 0 fully saturated rings. The van der Waals surface area contributed by atoms with E-state index in [0.717, 1.165) is 5.56 Å². The molecule has 1 amide bonds.